The standard InChI is InChI=1S/C10H15BO2S/c1-10(2,3)14-9-6-4-8(5-7-9)11(12)13/h4-7,12-13H,1-3H3. The van der Waals surface area contributed by atoms with Crippen LogP contribution in [0.2, 0.25) is 0 Å². The van der Waals surface area contributed by atoms with Crippen LogP contribution in [-0.4, -0.2) is 21.9 Å². The molecule has 0 aliphatic rings. The summed E-state index contributed by atoms with van der Waals surface area (Å²) in [6.07, 6.45) is 0. The van der Waals surface area contributed by atoms with E-state index in [4.69, 9.17) is 10.0 Å². The zero-order valence-electron chi connectivity index (χ0n) is 8.69. The summed E-state index contributed by atoms with van der Waals surface area (Å²) in [4.78, 5) is 1.14. The molecule has 0 atom stereocenters. The first-order chi connectivity index (χ1) is 6.38. The largest absolute Gasteiger partial charge is 0.488 e. The van der Waals surface area contributed by atoms with Gasteiger partial charge in [0.05, 0.1) is 0 Å². The van der Waals surface area contributed by atoms with Crippen molar-refractivity contribution in [2.75, 3.05) is 0 Å². The highest BCUT2D eigenvalue weighted by Gasteiger charge is 2.13. The van der Waals surface area contributed by atoms with Gasteiger partial charge in [-0.05, 0) is 17.6 Å². The molecule has 0 spiro atoms. The lowest BCUT2D eigenvalue weighted by Gasteiger charge is -2.17. The summed E-state index contributed by atoms with van der Waals surface area (Å²) < 4.78 is 0.180. The van der Waals surface area contributed by atoms with Crippen molar-refractivity contribution in [3.8, 4) is 0 Å². The quantitative estimate of drug-likeness (QED) is 0.570. The van der Waals surface area contributed by atoms with Gasteiger partial charge < -0.3 is 10.0 Å². The Morgan fingerprint density at radius 1 is 1.07 bits per heavy atom. The molecule has 0 saturated carbocycles. The van der Waals surface area contributed by atoms with Crippen LogP contribution in [0.3, 0.4) is 0 Å². The van der Waals surface area contributed by atoms with Gasteiger partial charge in [-0.25, -0.2) is 0 Å². The molecule has 0 amide bonds. The van der Waals surface area contributed by atoms with Gasteiger partial charge >= 0.3 is 7.12 Å². The Hall–Kier alpha value is -0.445. The highest BCUT2D eigenvalue weighted by molar-refractivity contribution is 8.00. The van der Waals surface area contributed by atoms with Gasteiger partial charge in [0.15, 0.2) is 0 Å². The van der Waals surface area contributed by atoms with Crippen molar-refractivity contribution in [1.82, 2.24) is 0 Å². The maximum Gasteiger partial charge on any atom is 0.488 e. The van der Waals surface area contributed by atoms with Crippen LogP contribution >= 0.6 is 11.8 Å². The Bertz CT molecular complexity index is 290. The van der Waals surface area contributed by atoms with Crippen molar-refractivity contribution in [2.45, 2.75) is 30.4 Å². The minimum atomic E-state index is -1.37. The summed E-state index contributed by atoms with van der Waals surface area (Å²) in [6.45, 7) is 6.44. The van der Waals surface area contributed by atoms with Crippen molar-refractivity contribution in [2.24, 2.45) is 0 Å². The van der Waals surface area contributed by atoms with E-state index in [0.29, 0.717) is 5.46 Å². The van der Waals surface area contributed by atoms with Crippen molar-refractivity contribution < 1.29 is 10.0 Å². The molecule has 0 radical (unpaired) electrons. The molecular weight excluding hydrogens is 195 g/mol. The summed E-state index contributed by atoms with van der Waals surface area (Å²) in [7, 11) is -1.37. The van der Waals surface area contributed by atoms with E-state index in [9.17, 15) is 0 Å². The summed E-state index contributed by atoms with van der Waals surface area (Å²) >= 11 is 1.76. The molecule has 0 unspecified atom stereocenters. The van der Waals surface area contributed by atoms with Crippen LogP contribution in [0.1, 0.15) is 20.8 Å². The third kappa shape index (κ3) is 3.74. The van der Waals surface area contributed by atoms with Gasteiger partial charge in [-0.3, -0.25) is 0 Å². The van der Waals surface area contributed by atoms with Gasteiger partial charge in [-0.15, -0.1) is 11.8 Å². The third-order valence-corrected chi connectivity index (χ3v) is 2.72. The fraction of sp³-hybridized carbons (Fsp3) is 0.400. The van der Waals surface area contributed by atoms with Crippen LogP contribution < -0.4 is 5.46 Å². The molecule has 2 nitrogen and oxygen atoms in total. The van der Waals surface area contributed by atoms with E-state index in [1.165, 1.54) is 0 Å². The topological polar surface area (TPSA) is 40.5 Å². The Kier molecular flexibility index (Phi) is 3.64. The highest BCUT2D eigenvalue weighted by atomic mass is 32.2. The number of hydrogen-bond acceptors (Lipinski definition) is 3. The molecule has 1 aromatic rings. The Morgan fingerprint density at radius 2 is 1.57 bits per heavy atom. The van der Waals surface area contributed by atoms with E-state index in [2.05, 4.69) is 20.8 Å². The highest BCUT2D eigenvalue weighted by Crippen LogP contribution is 2.30. The molecule has 4 heteroatoms. The normalized spacial score (nSPS) is 11.5. The van der Waals surface area contributed by atoms with Gasteiger partial charge in [0.1, 0.15) is 0 Å². The molecule has 1 aromatic carbocycles. The van der Waals surface area contributed by atoms with E-state index in [1.54, 1.807) is 23.9 Å². The second-order valence-electron chi connectivity index (χ2n) is 4.16. The van der Waals surface area contributed by atoms with E-state index in [-0.39, 0.29) is 4.75 Å². The number of thioether (sulfide) groups is 1. The smallest absolute Gasteiger partial charge is 0.423 e. The van der Waals surface area contributed by atoms with Gasteiger partial charge in [-0.2, -0.15) is 0 Å². The fourth-order valence-electron chi connectivity index (χ4n) is 1.06. The van der Waals surface area contributed by atoms with Crippen LogP contribution in [-0.2, 0) is 0 Å². The van der Waals surface area contributed by atoms with Gasteiger partial charge in [0, 0.05) is 9.64 Å². The van der Waals surface area contributed by atoms with Crippen molar-refractivity contribution >= 4 is 24.3 Å². The van der Waals surface area contributed by atoms with Crippen molar-refractivity contribution in [1.29, 1.82) is 0 Å². The third-order valence-electron chi connectivity index (χ3n) is 1.60. The average Bonchev–Trinajstić information content (AvgIpc) is 2.02. The van der Waals surface area contributed by atoms with Crippen LogP contribution in [0.15, 0.2) is 29.2 Å². The first kappa shape index (κ1) is 11.6. The molecule has 14 heavy (non-hydrogen) atoms. The van der Waals surface area contributed by atoms with E-state index in [1.807, 2.05) is 12.1 Å². The molecule has 0 aliphatic carbocycles. The SMILES string of the molecule is CC(C)(C)Sc1ccc(B(O)O)cc1. The number of hydrogen-bond donors (Lipinski definition) is 2. The molecule has 0 saturated heterocycles. The van der Waals surface area contributed by atoms with Gasteiger partial charge in [-0.1, -0.05) is 32.9 Å². The lowest BCUT2D eigenvalue weighted by molar-refractivity contribution is 0.426. The molecule has 0 aliphatic heterocycles. The molecule has 0 fully saturated rings. The monoisotopic (exact) mass is 210 g/mol. The minimum Gasteiger partial charge on any atom is -0.423 e. The molecular formula is C10H15BO2S. The second-order valence-corrected chi connectivity index (χ2v) is 6.06. The van der Waals surface area contributed by atoms with Crippen LogP contribution in [0, 0.1) is 0 Å². The first-order valence-electron chi connectivity index (χ1n) is 4.53. The van der Waals surface area contributed by atoms with Gasteiger partial charge in [0.25, 0.3) is 0 Å². The van der Waals surface area contributed by atoms with E-state index < -0.39 is 7.12 Å². The zero-order chi connectivity index (χ0) is 10.8. The number of benzene rings is 1. The molecule has 76 valence electrons. The van der Waals surface area contributed by atoms with Gasteiger partial charge in [0.2, 0.25) is 0 Å². The lowest BCUT2D eigenvalue weighted by Crippen LogP contribution is -2.29. The maximum absolute atomic E-state index is 8.90. The summed E-state index contributed by atoms with van der Waals surface area (Å²) in [5.74, 6) is 0. The average molecular weight is 210 g/mol. The molecule has 0 bridgehead atoms. The van der Waals surface area contributed by atoms with Crippen LogP contribution in [0.25, 0.3) is 0 Å². The number of rotatable bonds is 2. The first-order valence-corrected chi connectivity index (χ1v) is 5.35. The molecule has 0 aromatic heterocycles. The van der Waals surface area contributed by atoms with E-state index in [0.717, 1.165) is 4.90 Å². The summed E-state index contributed by atoms with van der Waals surface area (Å²) in [6, 6.07) is 7.28. The Balaban J connectivity index is 2.74. The molecule has 1 rings (SSSR count). The Morgan fingerprint density at radius 3 is 1.93 bits per heavy atom. The molecule has 0 heterocycles. The van der Waals surface area contributed by atoms with Crippen LogP contribution in [0.5, 0.6) is 0 Å². The maximum atomic E-state index is 8.90. The van der Waals surface area contributed by atoms with Crippen molar-refractivity contribution in [3.63, 3.8) is 0 Å². The fourth-order valence-corrected chi connectivity index (χ4v) is 2.04. The summed E-state index contributed by atoms with van der Waals surface area (Å²) in [5, 5.41) is 17.8. The Labute approximate surface area is 89.5 Å². The lowest BCUT2D eigenvalue weighted by atomic mass is 9.81. The zero-order valence-corrected chi connectivity index (χ0v) is 9.51. The van der Waals surface area contributed by atoms with E-state index >= 15 is 0 Å². The van der Waals surface area contributed by atoms with Crippen LogP contribution in [0.4, 0.5) is 0 Å². The minimum absolute atomic E-state index is 0.180. The summed E-state index contributed by atoms with van der Waals surface area (Å²) in [5.41, 5.74) is 0.531. The second kappa shape index (κ2) is 4.38. The predicted molar refractivity (Wildman–Crippen MR) is 61.9 cm³/mol. The van der Waals surface area contributed by atoms with Crippen molar-refractivity contribution in [3.05, 3.63) is 24.3 Å². The molecule has 2 N–H and O–H groups in total. The predicted octanol–water partition coefficient (Wildman–Crippen LogP) is 1.26.